The summed E-state index contributed by atoms with van der Waals surface area (Å²) in [6, 6.07) is 8.30. The van der Waals surface area contributed by atoms with Crippen molar-refractivity contribution in [1.29, 1.82) is 0 Å². The lowest BCUT2D eigenvalue weighted by atomic mass is 10.1. The van der Waals surface area contributed by atoms with Crippen LogP contribution < -0.4 is 0 Å². The minimum atomic E-state index is 0.857. The zero-order chi connectivity index (χ0) is 15.8. The number of nitrogens with zero attached hydrogens (tertiary/aromatic N) is 5. The second-order valence-corrected chi connectivity index (χ2v) is 6.15. The summed E-state index contributed by atoms with van der Waals surface area (Å²) in [7, 11) is 2.10. The van der Waals surface area contributed by atoms with Gasteiger partial charge in [0.2, 0.25) is 0 Å². The second-order valence-electron chi connectivity index (χ2n) is 6.15. The molecule has 2 aromatic heterocycles. The van der Waals surface area contributed by atoms with E-state index in [0.29, 0.717) is 0 Å². The van der Waals surface area contributed by atoms with E-state index in [9.17, 15) is 0 Å². The van der Waals surface area contributed by atoms with E-state index in [1.165, 1.54) is 16.8 Å². The molecule has 1 aliphatic rings. The molecular weight excluding hydrogens is 286 g/mol. The molecule has 0 N–H and O–H groups in total. The van der Waals surface area contributed by atoms with Crippen LogP contribution in [-0.2, 0) is 33.0 Å². The van der Waals surface area contributed by atoms with Crippen LogP contribution in [0.1, 0.15) is 29.8 Å². The lowest BCUT2D eigenvalue weighted by Gasteiger charge is -2.27. The summed E-state index contributed by atoms with van der Waals surface area (Å²) in [5.41, 5.74) is 4.74. The first-order chi connectivity index (χ1) is 11.2. The van der Waals surface area contributed by atoms with E-state index < -0.39 is 0 Å². The van der Waals surface area contributed by atoms with Crippen molar-refractivity contribution >= 4 is 11.0 Å². The molecular formula is C18H21N5. The third-order valence-corrected chi connectivity index (χ3v) is 4.64. The van der Waals surface area contributed by atoms with Crippen LogP contribution in [0.25, 0.3) is 11.0 Å². The average Bonchev–Trinajstić information content (AvgIpc) is 2.90. The Morgan fingerprint density at radius 3 is 2.87 bits per heavy atom. The van der Waals surface area contributed by atoms with Crippen LogP contribution in [0, 0.1) is 0 Å². The highest BCUT2D eigenvalue weighted by atomic mass is 15.2. The van der Waals surface area contributed by atoms with Gasteiger partial charge < -0.3 is 4.57 Å². The number of rotatable bonds is 3. The number of aromatic nitrogens is 4. The quantitative estimate of drug-likeness (QED) is 0.746. The molecule has 0 fully saturated rings. The van der Waals surface area contributed by atoms with Crippen LogP contribution in [0.4, 0.5) is 0 Å². The van der Waals surface area contributed by atoms with Gasteiger partial charge in [0.1, 0.15) is 11.6 Å². The maximum Gasteiger partial charge on any atom is 0.128 e. The minimum absolute atomic E-state index is 0.857. The molecule has 5 nitrogen and oxygen atoms in total. The molecule has 0 spiro atoms. The molecule has 1 aromatic carbocycles. The maximum absolute atomic E-state index is 4.78. The predicted molar refractivity (Wildman–Crippen MR) is 89.9 cm³/mol. The Labute approximate surface area is 136 Å². The van der Waals surface area contributed by atoms with Crippen molar-refractivity contribution in [1.82, 2.24) is 24.4 Å². The van der Waals surface area contributed by atoms with Gasteiger partial charge in [0.05, 0.1) is 23.3 Å². The monoisotopic (exact) mass is 307 g/mol. The smallest absolute Gasteiger partial charge is 0.128 e. The third kappa shape index (κ3) is 2.61. The Balaban J connectivity index is 1.58. The fourth-order valence-corrected chi connectivity index (χ4v) is 3.24. The number of hydrogen-bond donors (Lipinski definition) is 0. The Morgan fingerprint density at radius 1 is 1.17 bits per heavy atom. The molecule has 0 atom stereocenters. The summed E-state index contributed by atoms with van der Waals surface area (Å²) in [5, 5.41) is 0. The van der Waals surface area contributed by atoms with E-state index in [1.54, 1.807) is 0 Å². The molecule has 0 saturated carbocycles. The van der Waals surface area contributed by atoms with E-state index >= 15 is 0 Å². The van der Waals surface area contributed by atoms with Crippen molar-refractivity contribution in [2.24, 2.45) is 7.05 Å². The highest BCUT2D eigenvalue weighted by Gasteiger charge is 2.20. The first-order valence-corrected chi connectivity index (χ1v) is 8.21. The van der Waals surface area contributed by atoms with Gasteiger partial charge in [0.15, 0.2) is 0 Å². The summed E-state index contributed by atoms with van der Waals surface area (Å²) >= 11 is 0. The van der Waals surface area contributed by atoms with Crippen molar-refractivity contribution in [3.05, 3.63) is 53.4 Å². The SMILES string of the molecule is CCc1ncc2c(n1)CN(Cc1nc3ccccc3n1C)CC2. The topological polar surface area (TPSA) is 46.8 Å². The van der Waals surface area contributed by atoms with Crippen LogP contribution in [-0.4, -0.2) is 31.0 Å². The van der Waals surface area contributed by atoms with Gasteiger partial charge in [-0.15, -0.1) is 0 Å². The second kappa shape index (κ2) is 5.74. The van der Waals surface area contributed by atoms with Gasteiger partial charge in [-0.25, -0.2) is 15.0 Å². The number of benzene rings is 1. The van der Waals surface area contributed by atoms with E-state index in [2.05, 4.69) is 46.6 Å². The van der Waals surface area contributed by atoms with Crippen LogP contribution in [0.15, 0.2) is 30.5 Å². The molecule has 118 valence electrons. The maximum atomic E-state index is 4.78. The van der Waals surface area contributed by atoms with Crippen molar-refractivity contribution in [3.63, 3.8) is 0 Å². The fourth-order valence-electron chi connectivity index (χ4n) is 3.24. The Kier molecular flexibility index (Phi) is 3.58. The van der Waals surface area contributed by atoms with Crippen LogP contribution >= 0.6 is 0 Å². The lowest BCUT2D eigenvalue weighted by Crippen LogP contribution is -2.32. The van der Waals surface area contributed by atoms with Crippen molar-refractivity contribution in [2.75, 3.05) is 6.54 Å². The highest BCUT2D eigenvalue weighted by molar-refractivity contribution is 5.75. The van der Waals surface area contributed by atoms with Gasteiger partial charge in [-0.2, -0.15) is 0 Å². The van der Waals surface area contributed by atoms with E-state index in [0.717, 1.165) is 49.6 Å². The normalized spacial score (nSPS) is 15.0. The third-order valence-electron chi connectivity index (χ3n) is 4.64. The molecule has 0 saturated heterocycles. The zero-order valence-electron chi connectivity index (χ0n) is 13.7. The highest BCUT2D eigenvalue weighted by Crippen LogP contribution is 2.20. The number of fused-ring (bicyclic) bond motifs is 2. The first kappa shape index (κ1) is 14.3. The van der Waals surface area contributed by atoms with Gasteiger partial charge >= 0.3 is 0 Å². The molecule has 0 radical (unpaired) electrons. The van der Waals surface area contributed by atoms with Crippen molar-refractivity contribution < 1.29 is 0 Å². The summed E-state index contributed by atoms with van der Waals surface area (Å²) in [4.78, 5) is 16.3. The number of hydrogen-bond acceptors (Lipinski definition) is 4. The summed E-state index contributed by atoms with van der Waals surface area (Å²) in [5.74, 6) is 2.05. The summed E-state index contributed by atoms with van der Waals surface area (Å²) in [6.07, 6.45) is 3.91. The Bertz CT molecular complexity index is 852. The van der Waals surface area contributed by atoms with E-state index in [-0.39, 0.29) is 0 Å². The largest absolute Gasteiger partial charge is 0.330 e. The predicted octanol–water partition coefficient (Wildman–Crippen LogP) is 2.48. The fraction of sp³-hybridized carbons (Fsp3) is 0.389. The Morgan fingerprint density at radius 2 is 2.04 bits per heavy atom. The average molecular weight is 307 g/mol. The first-order valence-electron chi connectivity index (χ1n) is 8.21. The van der Waals surface area contributed by atoms with Crippen LogP contribution in [0.5, 0.6) is 0 Å². The van der Waals surface area contributed by atoms with Gasteiger partial charge in [0.25, 0.3) is 0 Å². The van der Waals surface area contributed by atoms with Crippen molar-refractivity contribution in [2.45, 2.75) is 32.9 Å². The molecule has 4 rings (SSSR count). The van der Waals surface area contributed by atoms with Gasteiger partial charge in [0, 0.05) is 32.8 Å². The summed E-state index contributed by atoms with van der Waals surface area (Å²) in [6.45, 7) is 4.87. The van der Waals surface area contributed by atoms with Gasteiger partial charge in [-0.05, 0) is 24.1 Å². The molecule has 0 amide bonds. The van der Waals surface area contributed by atoms with Gasteiger partial charge in [-0.3, -0.25) is 4.90 Å². The molecule has 0 aliphatic carbocycles. The van der Waals surface area contributed by atoms with Gasteiger partial charge in [-0.1, -0.05) is 19.1 Å². The zero-order valence-corrected chi connectivity index (χ0v) is 13.7. The van der Waals surface area contributed by atoms with Crippen LogP contribution in [0.2, 0.25) is 0 Å². The molecule has 3 aromatic rings. The molecule has 0 unspecified atom stereocenters. The van der Waals surface area contributed by atoms with E-state index in [1.807, 2.05) is 12.3 Å². The number of aryl methyl sites for hydroxylation is 2. The minimum Gasteiger partial charge on any atom is -0.330 e. The molecule has 5 heteroatoms. The van der Waals surface area contributed by atoms with Crippen molar-refractivity contribution in [3.8, 4) is 0 Å². The molecule has 23 heavy (non-hydrogen) atoms. The standard InChI is InChI=1S/C18H21N5/c1-3-17-19-10-13-8-9-23(11-15(13)20-17)12-18-21-14-6-4-5-7-16(14)22(18)2/h4-7,10H,3,8-9,11-12H2,1-2H3. The molecule has 1 aliphatic heterocycles. The Hall–Kier alpha value is -2.27. The number of imidazole rings is 1. The lowest BCUT2D eigenvalue weighted by molar-refractivity contribution is 0.233. The van der Waals surface area contributed by atoms with E-state index in [4.69, 9.17) is 9.97 Å². The molecule has 0 bridgehead atoms. The number of para-hydroxylation sites is 2. The van der Waals surface area contributed by atoms with Crippen LogP contribution in [0.3, 0.4) is 0 Å². The molecule has 3 heterocycles. The summed E-state index contributed by atoms with van der Waals surface area (Å²) < 4.78 is 2.20.